The van der Waals surface area contributed by atoms with Gasteiger partial charge in [-0.05, 0) is 30.3 Å². The van der Waals surface area contributed by atoms with E-state index in [0.29, 0.717) is 34.4 Å². The van der Waals surface area contributed by atoms with Crippen LogP contribution in [0.5, 0.6) is 0 Å². The highest BCUT2D eigenvalue weighted by atomic mass is 16.4. The van der Waals surface area contributed by atoms with Gasteiger partial charge in [-0.25, -0.2) is 4.99 Å². The SMILES string of the molecule is CN(C)c1ccc(C(=O)NC2N=C(c3ccccc3)c3ccccc3N(CC(=O)N[C@H](C=O)CC(=O)O)C2=O)cc1. The summed E-state index contributed by atoms with van der Waals surface area (Å²) in [6.45, 7) is -0.540. The first-order chi connectivity index (χ1) is 19.7. The van der Waals surface area contributed by atoms with E-state index < -0.39 is 48.9 Å². The average molecular weight is 556 g/mol. The fraction of sp³-hybridized carbons (Fsp3) is 0.200. The highest BCUT2D eigenvalue weighted by Gasteiger charge is 2.34. The van der Waals surface area contributed by atoms with Crippen molar-refractivity contribution in [1.82, 2.24) is 10.6 Å². The predicted molar refractivity (Wildman–Crippen MR) is 153 cm³/mol. The molecule has 3 N–H and O–H groups in total. The average Bonchev–Trinajstić information content (AvgIpc) is 3.07. The topological polar surface area (TPSA) is 148 Å². The molecule has 1 aliphatic heterocycles. The van der Waals surface area contributed by atoms with Gasteiger partial charge in [-0.15, -0.1) is 0 Å². The van der Waals surface area contributed by atoms with Gasteiger partial charge in [0.25, 0.3) is 11.8 Å². The Morgan fingerprint density at radius 1 is 1.00 bits per heavy atom. The Kier molecular flexibility index (Phi) is 8.88. The number of para-hydroxylation sites is 1. The number of hydrogen-bond donors (Lipinski definition) is 3. The minimum Gasteiger partial charge on any atom is -0.481 e. The highest BCUT2D eigenvalue weighted by Crippen LogP contribution is 2.28. The largest absolute Gasteiger partial charge is 0.481 e. The van der Waals surface area contributed by atoms with Crippen molar-refractivity contribution < 1.29 is 29.1 Å². The Morgan fingerprint density at radius 3 is 2.29 bits per heavy atom. The summed E-state index contributed by atoms with van der Waals surface area (Å²) in [7, 11) is 3.75. The van der Waals surface area contributed by atoms with Crippen LogP contribution in [0.4, 0.5) is 11.4 Å². The molecule has 3 amide bonds. The molecule has 0 aliphatic carbocycles. The third-order valence-electron chi connectivity index (χ3n) is 6.38. The van der Waals surface area contributed by atoms with Crippen LogP contribution < -0.4 is 20.4 Å². The lowest BCUT2D eigenvalue weighted by molar-refractivity contribution is -0.138. The minimum atomic E-state index is -1.40. The van der Waals surface area contributed by atoms with E-state index in [0.717, 1.165) is 5.69 Å². The molecule has 210 valence electrons. The summed E-state index contributed by atoms with van der Waals surface area (Å²) in [5.41, 5.74) is 3.24. The smallest absolute Gasteiger partial charge is 0.305 e. The van der Waals surface area contributed by atoms with Crippen LogP contribution in [0.25, 0.3) is 0 Å². The van der Waals surface area contributed by atoms with E-state index in [9.17, 15) is 24.0 Å². The Bertz CT molecular complexity index is 1490. The number of aliphatic carboxylic acids is 1. The zero-order valence-electron chi connectivity index (χ0n) is 22.5. The Hall–Kier alpha value is -5.32. The third kappa shape index (κ3) is 6.82. The van der Waals surface area contributed by atoms with Crippen LogP contribution in [-0.4, -0.2) is 73.6 Å². The molecule has 11 nitrogen and oxygen atoms in total. The van der Waals surface area contributed by atoms with E-state index in [-0.39, 0.29) is 0 Å². The predicted octanol–water partition coefficient (Wildman–Crippen LogP) is 1.85. The summed E-state index contributed by atoms with van der Waals surface area (Å²) in [5, 5.41) is 14.1. The molecular formula is C30H29N5O6. The number of nitrogens with one attached hydrogen (secondary N) is 2. The number of rotatable bonds is 10. The van der Waals surface area contributed by atoms with Gasteiger partial charge in [-0.3, -0.25) is 24.1 Å². The summed E-state index contributed by atoms with van der Waals surface area (Å²) in [6, 6.07) is 21.5. The third-order valence-corrected chi connectivity index (χ3v) is 6.38. The molecule has 11 heteroatoms. The molecule has 0 fully saturated rings. The zero-order valence-corrected chi connectivity index (χ0v) is 22.5. The monoisotopic (exact) mass is 555 g/mol. The lowest BCUT2D eigenvalue weighted by Gasteiger charge is -2.25. The Morgan fingerprint density at radius 2 is 1.66 bits per heavy atom. The number of nitrogens with zero attached hydrogens (tertiary/aromatic N) is 3. The van der Waals surface area contributed by atoms with Crippen LogP contribution in [0.1, 0.15) is 27.9 Å². The van der Waals surface area contributed by atoms with Crippen molar-refractivity contribution in [2.75, 3.05) is 30.4 Å². The number of benzene rings is 3. The van der Waals surface area contributed by atoms with Gasteiger partial charge in [-0.1, -0.05) is 48.5 Å². The number of carbonyl (C=O) groups excluding carboxylic acids is 4. The fourth-order valence-corrected chi connectivity index (χ4v) is 4.35. The molecule has 0 bridgehead atoms. The quantitative estimate of drug-likeness (QED) is 0.323. The number of fused-ring (bicyclic) bond motifs is 1. The molecule has 3 aromatic carbocycles. The maximum Gasteiger partial charge on any atom is 0.305 e. The first kappa shape index (κ1) is 28.7. The second kappa shape index (κ2) is 12.7. The van der Waals surface area contributed by atoms with Gasteiger partial charge in [0.1, 0.15) is 12.8 Å². The number of carboxylic acids is 1. The van der Waals surface area contributed by atoms with Gasteiger partial charge in [0.05, 0.1) is 23.9 Å². The molecule has 1 aliphatic rings. The van der Waals surface area contributed by atoms with Crippen LogP contribution in [0.3, 0.4) is 0 Å². The molecule has 3 aromatic rings. The Labute approximate surface area is 236 Å². The van der Waals surface area contributed by atoms with Crippen LogP contribution >= 0.6 is 0 Å². The number of aliphatic imine (C=N–C) groups is 1. The molecule has 1 heterocycles. The molecular weight excluding hydrogens is 526 g/mol. The summed E-state index contributed by atoms with van der Waals surface area (Å²) >= 11 is 0. The van der Waals surface area contributed by atoms with E-state index in [4.69, 9.17) is 5.11 Å². The molecule has 4 rings (SSSR count). The van der Waals surface area contributed by atoms with Crippen molar-refractivity contribution in [3.8, 4) is 0 Å². The van der Waals surface area contributed by atoms with E-state index >= 15 is 0 Å². The zero-order chi connectivity index (χ0) is 29.5. The number of carboxylic acid groups (broad SMARTS) is 1. The summed E-state index contributed by atoms with van der Waals surface area (Å²) in [6.07, 6.45) is -1.68. The molecule has 0 saturated carbocycles. The normalized spacial score (nSPS) is 15.1. The maximum absolute atomic E-state index is 13.9. The Balaban J connectivity index is 1.72. The maximum atomic E-state index is 13.9. The van der Waals surface area contributed by atoms with Crippen LogP contribution in [-0.2, 0) is 19.2 Å². The van der Waals surface area contributed by atoms with E-state index in [2.05, 4.69) is 15.6 Å². The van der Waals surface area contributed by atoms with Crippen LogP contribution in [0, 0.1) is 0 Å². The van der Waals surface area contributed by atoms with Crippen molar-refractivity contribution in [1.29, 1.82) is 0 Å². The molecule has 0 saturated heterocycles. The fourth-order valence-electron chi connectivity index (χ4n) is 4.35. The second-order valence-electron chi connectivity index (χ2n) is 9.51. The summed E-state index contributed by atoms with van der Waals surface area (Å²) < 4.78 is 0. The van der Waals surface area contributed by atoms with Gasteiger partial charge >= 0.3 is 5.97 Å². The number of anilines is 2. The highest BCUT2D eigenvalue weighted by molar-refractivity contribution is 6.21. The van der Waals surface area contributed by atoms with Crippen molar-refractivity contribution in [2.45, 2.75) is 18.6 Å². The van der Waals surface area contributed by atoms with Gasteiger partial charge in [0, 0.05) is 36.5 Å². The van der Waals surface area contributed by atoms with Gasteiger partial charge in [-0.2, -0.15) is 0 Å². The van der Waals surface area contributed by atoms with Crippen LogP contribution in [0.2, 0.25) is 0 Å². The van der Waals surface area contributed by atoms with Crippen molar-refractivity contribution in [3.63, 3.8) is 0 Å². The van der Waals surface area contributed by atoms with Gasteiger partial charge in [0.15, 0.2) is 0 Å². The molecule has 1 unspecified atom stereocenters. The van der Waals surface area contributed by atoms with Crippen LogP contribution in [0.15, 0.2) is 83.9 Å². The number of amides is 3. The first-order valence-corrected chi connectivity index (χ1v) is 12.8. The standard InChI is InChI=1S/C30H29N5O6/c1-34(2)22-14-12-20(13-15-22)29(40)33-28-30(41)35(17-25(37)31-21(18-36)16-26(38)39)24-11-7-6-10-23(24)27(32-28)19-8-4-3-5-9-19/h3-15,18,21,28H,16-17H2,1-2H3,(H,31,37)(H,33,40)(H,38,39)/t21-,28?/m0/s1. The van der Waals surface area contributed by atoms with E-state index in [1.165, 1.54) is 4.90 Å². The number of carbonyl (C=O) groups is 5. The van der Waals surface area contributed by atoms with Gasteiger partial charge < -0.3 is 25.4 Å². The van der Waals surface area contributed by atoms with Gasteiger partial charge in [0.2, 0.25) is 12.1 Å². The van der Waals surface area contributed by atoms with E-state index in [1.54, 1.807) is 48.5 Å². The lowest BCUT2D eigenvalue weighted by Crippen LogP contribution is -2.51. The summed E-state index contributed by atoms with van der Waals surface area (Å²) in [5.74, 6) is -3.24. The molecule has 0 aromatic heterocycles. The molecule has 0 radical (unpaired) electrons. The number of aldehydes is 1. The minimum absolute atomic E-state index is 0.313. The number of hydrogen-bond acceptors (Lipinski definition) is 7. The molecule has 2 atom stereocenters. The molecule has 0 spiro atoms. The number of benzodiazepines with no additional fused rings is 1. The first-order valence-electron chi connectivity index (χ1n) is 12.8. The van der Waals surface area contributed by atoms with Crippen molar-refractivity contribution in [2.24, 2.45) is 4.99 Å². The van der Waals surface area contributed by atoms with Crippen molar-refractivity contribution in [3.05, 3.63) is 95.6 Å². The summed E-state index contributed by atoms with van der Waals surface area (Å²) in [4.78, 5) is 70.2. The van der Waals surface area contributed by atoms with E-state index in [1.807, 2.05) is 49.3 Å². The van der Waals surface area contributed by atoms with Crippen molar-refractivity contribution >= 4 is 47.1 Å². The lowest BCUT2D eigenvalue weighted by atomic mass is 10.0. The molecule has 41 heavy (non-hydrogen) atoms. The second-order valence-corrected chi connectivity index (χ2v) is 9.51.